The number of amides is 2. The van der Waals surface area contributed by atoms with E-state index in [-0.39, 0.29) is 18.7 Å². The Morgan fingerprint density at radius 3 is 2.40 bits per heavy atom. The Morgan fingerprint density at radius 2 is 1.63 bits per heavy atom. The third-order valence-corrected chi connectivity index (χ3v) is 5.44. The SMILES string of the molecule is O=C(NCC1COc2ccccc2O1)C(=O)NC1CCN(Cc2ccccc2)CC1. The lowest BCUT2D eigenvalue weighted by Crippen LogP contribution is -2.50. The van der Waals surface area contributed by atoms with Gasteiger partial charge >= 0.3 is 11.8 Å². The van der Waals surface area contributed by atoms with Gasteiger partial charge in [0.2, 0.25) is 0 Å². The number of ether oxygens (including phenoxy) is 2. The van der Waals surface area contributed by atoms with Crippen molar-refractivity contribution in [1.29, 1.82) is 0 Å². The highest BCUT2D eigenvalue weighted by molar-refractivity contribution is 6.35. The molecule has 0 bridgehead atoms. The van der Waals surface area contributed by atoms with E-state index in [1.54, 1.807) is 0 Å². The lowest BCUT2D eigenvalue weighted by atomic mass is 10.0. The van der Waals surface area contributed by atoms with Crippen molar-refractivity contribution < 1.29 is 19.1 Å². The Morgan fingerprint density at radius 1 is 0.933 bits per heavy atom. The minimum atomic E-state index is -0.635. The fourth-order valence-electron chi connectivity index (χ4n) is 3.78. The Kier molecular flexibility index (Phi) is 6.49. The van der Waals surface area contributed by atoms with Crippen LogP contribution in [0.1, 0.15) is 18.4 Å². The maximum Gasteiger partial charge on any atom is 0.309 e. The maximum atomic E-state index is 12.2. The molecule has 2 amide bonds. The molecule has 0 aromatic heterocycles. The van der Waals surface area contributed by atoms with Crippen molar-refractivity contribution >= 4 is 11.8 Å². The molecule has 2 heterocycles. The van der Waals surface area contributed by atoms with Crippen LogP contribution in [0.25, 0.3) is 0 Å². The number of nitrogens with zero attached hydrogens (tertiary/aromatic N) is 1. The molecule has 0 spiro atoms. The third kappa shape index (κ3) is 5.30. The molecule has 0 aliphatic carbocycles. The predicted octanol–water partition coefficient (Wildman–Crippen LogP) is 1.72. The van der Waals surface area contributed by atoms with Gasteiger partial charge in [-0.15, -0.1) is 0 Å². The smallest absolute Gasteiger partial charge is 0.309 e. The van der Waals surface area contributed by atoms with Gasteiger partial charge in [-0.25, -0.2) is 0 Å². The molecule has 1 saturated heterocycles. The molecule has 2 N–H and O–H groups in total. The van der Waals surface area contributed by atoms with Gasteiger partial charge in [-0.05, 0) is 30.5 Å². The van der Waals surface area contributed by atoms with Crippen LogP contribution in [0.5, 0.6) is 11.5 Å². The highest BCUT2D eigenvalue weighted by atomic mass is 16.6. The van der Waals surface area contributed by atoms with Crippen LogP contribution >= 0.6 is 0 Å². The molecular weight excluding hydrogens is 382 g/mol. The first kappa shape index (κ1) is 20.2. The number of hydrogen-bond acceptors (Lipinski definition) is 5. The van der Waals surface area contributed by atoms with Crippen molar-refractivity contribution in [1.82, 2.24) is 15.5 Å². The number of para-hydroxylation sites is 2. The van der Waals surface area contributed by atoms with Crippen LogP contribution in [0.15, 0.2) is 54.6 Å². The molecule has 158 valence electrons. The first-order valence-corrected chi connectivity index (χ1v) is 10.4. The van der Waals surface area contributed by atoms with Crippen molar-refractivity contribution in [3.63, 3.8) is 0 Å². The highest BCUT2D eigenvalue weighted by Crippen LogP contribution is 2.30. The summed E-state index contributed by atoms with van der Waals surface area (Å²) in [6.45, 7) is 3.26. The Bertz CT molecular complexity index is 866. The van der Waals surface area contributed by atoms with E-state index in [0.717, 1.165) is 32.5 Å². The number of piperidine rings is 1. The highest BCUT2D eigenvalue weighted by Gasteiger charge is 2.25. The Labute approximate surface area is 176 Å². The maximum absolute atomic E-state index is 12.2. The fraction of sp³-hybridized carbons (Fsp3) is 0.391. The van der Waals surface area contributed by atoms with Gasteiger partial charge in [0.1, 0.15) is 12.7 Å². The summed E-state index contributed by atoms with van der Waals surface area (Å²) in [7, 11) is 0. The van der Waals surface area contributed by atoms with Crippen LogP contribution in [0.4, 0.5) is 0 Å². The molecule has 7 nitrogen and oxygen atoms in total. The number of likely N-dealkylation sites (tertiary alicyclic amines) is 1. The molecule has 1 unspecified atom stereocenters. The van der Waals surface area contributed by atoms with E-state index < -0.39 is 11.8 Å². The second-order valence-electron chi connectivity index (χ2n) is 7.72. The minimum Gasteiger partial charge on any atom is -0.486 e. The van der Waals surface area contributed by atoms with Gasteiger partial charge in [0.05, 0.1) is 6.54 Å². The summed E-state index contributed by atoms with van der Waals surface area (Å²) in [5.41, 5.74) is 1.29. The van der Waals surface area contributed by atoms with E-state index in [2.05, 4.69) is 27.7 Å². The molecular formula is C23H27N3O4. The minimum absolute atomic E-state index is 0.0245. The monoisotopic (exact) mass is 409 g/mol. The second kappa shape index (κ2) is 9.63. The average molecular weight is 409 g/mol. The zero-order chi connectivity index (χ0) is 20.8. The van der Waals surface area contributed by atoms with E-state index in [1.807, 2.05) is 42.5 Å². The lowest BCUT2D eigenvalue weighted by molar-refractivity contribution is -0.140. The summed E-state index contributed by atoms with van der Waals surface area (Å²) >= 11 is 0. The predicted molar refractivity (Wildman–Crippen MR) is 112 cm³/mol. The molecule has 4 rings (SSSR count). The van der Waals surface area contributed by atoms with E-state index >= 15 is 0 Å². The summed E-state index contributed by atoms with van der Waals surface area (Å²) < 4.78 is 11.4. The van der Waals surface area contributed by atoms with Crippen LogP contribution in [0.3, 0.4) is 0 Å². The van der Waals surface area contributed by atoms with Gasteiger partial charge in [0, 0.05) is 25.7 Å². The fourth-order valence-corrected chi connectivity index (χ4v) is 3.78. The first-order chi connectivity index (χ1) is 14.7. The number of nitrogens with one attached hydrogen (secondary N) is 2. The van der Waals surface area contributed by atoms with Gasteiger partial charge in [-0.2, -0.15) is 0 Å². The Balaban J connectivity index is 1.16. The third-order valence-electron chi connectivity index (χ3n) is 5.44. The first-order valence-electron chi connectivity index (χ1n) is 10.4. The average Bonchev–Trinajstić information content (AvgIpc) is 2.79. The number of fused-ring (bicyclic) bond motifs is 1. The molecule has 2 aliphatic heterocycles. The van der Waals surface area contributed by atoms with Crippen LogP contribution < -0.4 is 20.1 Å². The van der Waals surface area contributed by atoms with Crippen molar-refractivity contribution in [2.75, 3.05) is 26.2 Å². The normalized spacial score (nSPS) is 19.1. The summed E-state index contributed by atoms with van der Waals surface area (Å²) in [5.74, 6) is 0.115. The summed E-state index contributed by atoms with van der Waals surface area (Å²) in [6.07, 6.45) is 1.35. The van der Waals surface area contributed by atoms with E-state index in [1.165, 1.54) is 5.56 Å². The molecule has 1 atom stereocenters. The quantitative estimate of drug-likeness (QED) is 0.736. The van der Waals surface area contributed by atoms with Gasteiger partial charge in [0.25, 0.3) is 0 Å². The van der Waals surface area contributed by atoms with Crippen molar-refractivity contribution in [2.45, 2.75) is 31.5 Å². The largest absolute Gasteiger partial charge is 0.486 e. The number of benzene rings is 2. The Hall–Kier alpha value is -3.06. The molecule has 7 heteroatoms. The summed E-state index contributed by atoms with van der Waals surface area (Å²) in [5, 5.41) is 5.50. The van der Waals surface area contributed by atoms with E-state index in [4.69, 9.17) is 9.47 Å². The second-order valence-corrected chi connectivity index (χ2v) is 7.72. The van der Waals surface area contributed by atoms with Crippen molar-refractivity contribution in [3.8, 4) is 11.5 Å². The number of rotatable bonds is 5. The van der Waals surface area contributed by atoms with Gasteiger partial charge in [0.15, 0.2) is 11.5 Å². The zero-order valence-corrected chi connectivity index (χ0v) is 16.9. The topological polar surface area (TPSA) is 79.9 Å². The number of carbonyl (C=O) groups excluding carboxylic acids is 2. The molecule has 1 fully saturated rings. The van der Waals surface area contributed by atoms with Crippen LogP contribution in [-0.2, 0) is 16.1 Å². The van der Waals surface area contributed by atoms with Crippen molar-refractivity contribution in [2.24, 2.45) is 0 Å². The number of carbonyl (C=O) groups is 2. The van der Waals surface area contributed by atoms with E-state index in [0.29, 0.717) is 18.1 Å². The molecule has 30 heavy (non-hydrogen) atoms. The molecule has 0 saturated carbocycles. The lowest BCUT2D eigenvalue weighted by Gasteiger charge is -2.32. The van der Waals surface area contributed by atoms with Gasteiger partial charge in [-0.3, -0.25) is 14.5 Å². The van der Waals surface area contributed by atoms with Gasteiger partial charge in [-0.1, -0.05) is 42.5 Å². The van der Waals surface area contributed by atoms with Gasteiger partial charge < -0.3 is 20.1 Å². The van der Waals surface area contributed by atoms with Crippen LogP contribution in [-0.4, -0.2) is 55.1 Å². The molecule has 2 aromatic rings. The molecule has 0 radical (unpaired) electrons. The van der Waals surface area contributed by atoms with Crippen LogP contribution in [0.2, 0.25) is 0 Å². The zero-order valence-electron chi connectivity index (χ0n) is 16.9. The molecule has 2 aromatic carbocycles. The van der Waals surface area contributed by atoms with Crippen molar-refractivity contribution in [3.05, 3.63) is 60.2 Å². The van der Waals surface area contributed by atoms with Crippen LogP contribution in [0, 0.1) is 0 Å². The standard InChI is InChI=1S/C23H27N3O4/c27-22(24-14-19-16-29-20-8-4-5-9-21(20)30-19)23(28)25-18-10-12-26(13-11-18)15-17-6-2-1-3-7-17/h1-9,18-19H,10-16H2,(H,24,27)(H,25,28). The summed E-state index contributed by atoms with van der Waals surface area (Å²) in [6, 6.07) is 17.8. The number of hydrogen-bond donors (Lipinski definition) is 2. The van der Waals surface area contributed by atoms with E-state index in [9.17, 15) is 9.59 Å². The molecule has 2 aliphatic rings. The summed E-state index contributed by atoms with van der Waals surface area (Å²) in [4.78, 5) is 26.8.